The monoisotopic (exact) mass is 388 g/mol. The minimum Gasteiger partial charge on any atom is -0.466 e. The second-order valence-electron chi connectivity index (χ2n) is 6.75. The molecule has 0 bridgehead atoms. The van der Waals surface area contributed by atoms with E-state index in [2.05, 4.69) is 0 Å². The van der Waals surface area contributed by atoms with Gasteiger partial charge >= 0.3 is 23.9 Å². The van der Waals surface area contributed by atoms with Gasteiger partial charge in [-0.3, -0.25) is 14.4 Å². The molecule has 0 aliphatic rings. The molecule has 8 heteroatoms. The van der Waals surface area contributed by atoms with Crippen molar-refractivity contribution in [2.75, 3.05) is 13.2 Å². The van der Waals surface area contributed by atoms with E-state index in [0.717, 1.165) is 12.8 Å². The van der Waals surface area contributed by atoms with E-state index in [4.69, 9.17) is 18.9 Å². The molecule has 0 heterocycles. The van der Waals surface area contributed by atoms with Crippen molar-refractivity contribution in [3.05, 3.63) is 0 Å². The summed E-state index contributed by atoms with van der Waals surface area (Å²) in [5.41, 5.74) is 0. The number of rotatable bonds is 12. The van der Waals surface area contributed by atoms with Gasteiger partial charge in [-0.15, -0.1) is 0 Å². The second-order valence-corrected chi connectivity index (χ2v) is 6.75. The maximum atomic E-state index is 12.2. The van der Waals surface area contributed by atoms with Crippen LogP contribution in [-0.4, -0.2) is 49.3 Å². The first-order valence-electron chi connectivity index (χ1n) is 9.19. The molecule has 0 aromatic heterocycles. The third kappa shape index (κ3) is 12.0. The largest absolute Gasteiger partial charge is 0.466 e. The smallest absolute Gasteiger partial charge is 0.347 e. The predicted molar refractivity (Wildman–Crippen MR) is 96.6 cm³/mol. The zero-order valence-corrected chi connectivity index (χ0v) is 17.1. The Morgan fingerprint density at radius 3 is 1.85 bits per heavy atom. The molecule has 27 heavy (non-hydrogen) atoms. The van der Waals surface area contributed by atoms with Crippen molar-refractivity contribution < 1.29 is 38.1 Å². The standard InChI is InChI=1S/C19H32O8/c1-12(9-7-8-10-24-15(4)20)18(13(2)11-25-16(5)21)27-19(23)14(3)26-17(6)22/h12-14,18H,7-11H2,1-6H3/t12-,13-,14+,18+/m1/s1. The third-order valence-electron chi connectivity index (χ3n) is 3.96. The molecule has 156 valence electrons. The first-order chi connectivity index (χ1) is 12.5. The Morgan fingerprint density at radius 2 is 1.33 bits per heavy atom. The highest BCUT2D eigenvalue weighted by molar-refractivity contribution is 5.78. The topological polar surface area (TPSA) is 105 Å². The van der Waals surface area contributed by atoms with Crippen molar-refractivity contribution in [1.82, 2.24) is 0 Å². The molecule has 0 rings (SSSR count). The van der Waals surface area contributed by atoms with Crippen LogP contribution in [0.4, 0.5) is 0 Å². The van der Waals surface area contributed by atoms with Gasteiger partial charge in [0.1, 0.15) is 6.10 Å². The van der Waals surface area contributed by atoms with Crippen molar-refractivity contribution in [2.24, 2.45) is 11.8 Å². The Labute approximate surface area is 160 Å². The Bertz CT molecular complexity index is 502. The highest BCUT2D eigenvalue weighted by Crippen LogP contribution is 2.23. The molecule has 4 atom stereocenters. The van der Waals surface area contributed by atoms with Crippen LogP contribution in [0.2, 0.25) is 0 Å². The van der Waals surface area contributed by atoms with Crippen LogP contribution >= 0.6 is 0 Å². The van der Waals surface area contributed by atoms with E-state index in [0.29, 0.717) is 13.0 Å². The van der Waals surface area contributed by atoms with Crippen LogP contribution in [0.3, 0.4) is 0 Å². The highest BCUT2D eigenvalue weighted by Gasteiger charge is 2.30. The minimum atomic E-state index is -1.01. The average Bonchev–Trinajstić information content (AvgIpc) is 2.55. The first kappa shape index (κ1) is 24.9. The Morgan fingerprint density at radius 1 is 0.741 bits per heavy atom. The van der Waals surface area contributed by atoms with Gasteiger partial charge in [-0.2, -0.15) is 0 Å². The normalized spacial score (nSPS) is 15.0. The van der Waals surface area contributed by atoms with Gasteiger partial charge in [0.2, 0.25) is 0 Å². The summed E-state index contributed by atoms with van der Waals surface area (Å²) in [6.07, 6.45) is 0.686. The summed E-state index contributed by atoms with van der Waals surface area (Å²) in [7, 11) is 0. The van der Waals surface area contributed by atoms with Crippen LogP contribution in [-0.2, 0) is 38.1 Å². The number of carbonyl (C=O) groups excluding carboxylic acids is 4. The summed E-state index contributed by atoms with van der Waals surface area (Å²) in [6.45, 7) is 9.56. The maximum absolute atomic E-state index is 12.2. The molecule has 0 saturated heterocycles. The van der Waals surface area contributed by atoms with Crippen LogP contribution < -0.4 is 0 Å². The molecule has 0 aromatic carbocycles. The van der Waals surface area contributed by atoms with Crippen molar-refractivity contribution in [3.63, 3.8) is 0 Å². The summed E-state index contributed by atoms with van der Waals surface area (Å²) in [5, 5.41) is 0. The van der Waals surface area contributed by atoms with Gasteiger partial charge < -0.3 is 18.9 Å². The zero-order valence-electron chi connectivity index (χ0n) is 17.1. The second kappa shape index (κ2) is 13.1. The van der Waals surface area contributed by atoms with E-state index in [1.54, 1.807) is 0 Å². The van der Waals surface area contributed by atoms with Crippen LogP contribution in [0.1, 0.15) is 60.8 Å². The molecule has 0 fully saturated rings. The maximum Gasteiger partial charge on any atom is 0.347 e. The highest BCUT2D eigenvalue weighted by atomic mass is 16.6. The van der Waals surface area contributed by atoms with Gasteiger partial charge in [0.15, 0.2) is 6.10 Å². The summed E-state index contributed by atoms with van der Waals surface area (Å²) in [4.78, 5) is 45.1. The van der Waals surface area contributed by atoms with E-state index in [9.17, 15) is 19.2 Å². The first-order valence-corrected chi connectivity index (χ1v) is 9.19. The number of carbonyl (C=O) groups is 4. The quantitative estimate of drug-likeness (QED) is 0.285. The SMILES string of the molecule is CC(=O)OCCCC[C@@H](C)[C@H](OC(=O)[C@H](C)OC(C)=O)[C@H](C)COC(C)=O. The average molecular weight is 388 g/mol. The van der Waals surface area contributed by atoms with Gasteiger partial charge in [-0.25, -0.2) is 4.79 Å². The molecule has 0 saturated carbocycles. The van der Waals surface area contributed by atoms with Crippen molar-refractivity contribution in [1.29, 1.82) is 0 Å². The lowest BCUT2D eigenvalue weighted by Crippen LogP contribution is -2.38. The Kier molecular flexibility index (Phi) is 12.1. The van der Waals surface area contributed by atoms with Crippen molar-refractivity contribution in [3.8, 4) is 0 Å². The van der Waals surface area contributed by atoms with E-state index in [-0.39, 0.29) is 24.4 Å². The summed E-state index contributed by atoms with van der Waals surface area (Å²) < 4.78 is 20.4. The third-order valence-corrected chi connectivity index (χ3v) is 3.96. The molecule has 0 aliphatic heterocycles. The van der Waals surface area contributed by atoms with E-state index < -0.39 is 30.1 Å². The lowest BCUT2D eigenvalue weighted by atomic mass is 9.89. The molecule has 0 amide bonds. The minimum absolute atomic E-state index is 0.0265. The lowest BCUT2D eigenvalue weighted by Gasteiger charge is -2.30. The molecular weight excluding hydrogens is 356 g/mol. The molecule has 0 aromatic rings. The fraction of sp³-hybridized carbons (Fsp3) is 0.789. The molecule has 8 nitrogen and oxygen atoms in total. The number of hydrogen-bond acceptors (Lipinski definition) is 8. The molecule has 0 radical (unpaired) electrons. The fourth-order valence-electron chi connectivity index (χ4n) is 2.61. The molecule has 0 spiro atoms. The summed E-state index contributed by atoms with van der Waals surface area (Å²) >= 11 is 0. The number of ether oxygens (including phenoxy) is 4. The van der Waals surface area contributed by atoms with Gasteiger partial charge in [-0.05, 0) is 32.1 Å². The summed E-state index contributed by atoms with van der Waals surface area (Å²) in [6, 6.07) is 0. The number of hydrogen-bond donors (Lipinski definition) is 0. The van der Waals surface area contributed by atoms with Crippen LogP contribution in [0, 0.1) is 11.8 Å². The van der Waals surface area contributed by atoms with E-state index in [1.807, 2.05) is 13.8 Å². The molecule has 0 unspecified atom stereocenters. The van der Waals surface area contributed by atoms with E-state index >= 15 is 0 Å². The molecule has 0 N–H and O–H groups in total. The zero-order chi connectivity index (χ0) is 21.0. The van der Waals surface area contributed by atoms with Crippen molar-refractivity contribution >= 4 is 23.9 Å². The predicted octanol–water partition coefficient (Wildman–Crippen LogP) is 2.42. The number of unbranched alkanes of at least 4 members (excludes halogenated alkanes) is 1. The lowest BCUT2D eigenvalue weighted by molar-refractivity contribution is -0.174. The molecule has 0 aliphatic carbocycles. The van der Waals surface area contributed by atoms with Crippen LogP contribution in [0.25, 0.3) is 0 Å². The van der Waals surface area contributed by atoms with Gasteiger partial charge in [0, 0.05) is 26.7 Å². The fourth-order valence-corrected chi connectivity index (χ4v) is 2.61. The van der Waals surface area contributed by atoms with Crippen LogP contribution in [0.5, 0.6) is 0 Å². The van der Waals surface area contributed by atoms with E-state index in [1.165, 1.54) is 27.7 Å². The Hall–Kier alpha value is -2.12. The van der Waals surface area contributed by atoms with Gasteiger partial charge in [-0.1, -0.05) is 13.8 Å². The summed E-state index contributed by atoms with van der Waals surface area (Å²) in [5.74, 6) is -2.19. The van der Waals surface area contributed by atoms with Crippen molar-refractivity contribution in [2.45, 2.75) is 73.0 Å². The number of esters is 4. The van der Waals surface area contributed by atoms with Gasteiger partial charge in [0.05, 0.1) is 13.2 Å². The van der Waals surface area contributed by atoms with Gasteiger partial charge in [0.25, 0.3) is 0 Å². The Balaban J connectivity index is 4.79. The molecular formula is C19H32O8. The van der Waals surface area contributed by atoms with Crippen LogP contribution in [0.15, 0.2) is 0 Å².